The Balaban J connectivity index is 1.97. The zero-order valence-electron chi connectivity index (χ0n) is 14.5. The van der Waals surface area contributed by atoms with Crippen molar-refractivity contribution < 1.29 is 4.79 Å². The summed E-state index contributed by atoms with van der Waals surface area (Å²) in [7, 11) is 1.66. The maximum Gasteiger partial charge on any atom is 0.274 e. The van der Waals surface area contributed by atoms with E-state index in [1.807, 2.05) is 13.0 Å². The van der Waals surface area contributed by atoms with Gasteiger partial charge >= 0.3 is 0 Å². The summed E-state index contributed by atoms with van der Waals surface area (Å²) in [4.78, 5) is 43.8. The Bertz CT molecular complexity index is 1100. The summed E-state index contributed by atoms with van der Waals surface area (Å²) in [5.41, 5.74) is 2.73. The van der Waals surface area contributed by atoms with Gasteiger partial charge in [0, 0.05) is 30.5 Å². The molecule has 0 saturated carbocycles. The Labute approximate surface area is 142 Å². The molecule has 0 spiro atoms. The van der Waals surface area contributed by atoms with Gasteiger partial charge in [-0.25, -0.2) is 4.98 Å². The Hall–Kier alpha value is -3.16. The highest BCUT2D eigenvalue weighted by Crippen LogP contribution is 2.14. The third-order valence-corrected chi connectivity index (χ3v) is 4.11. The van der Waals surface area contributed by atoms with E-state index in [1.54, 1.807) is 27.0 Å². The quantitative estimate of drug-likeness (QED) is 0.654. The van der Waals surface area contributed by atoms with Crippen molar-refractivity contribution in [3.63, 3.8) is 0 Å². The first-order valence-electron chi connectivity index (χ1n) is 7.82. The molecule has 0 bridgehead atoms. The highest BCUT2D eigenvalue weighted by atomic mass is 16.2. The van der Waals surface area contributed by atoms with Gasteiger partial charge in [0.15, 0.2) is 5.65 Å². The molecule has 0 aliphatic carbocycles. The van der Waals surface area contributed by atoms with E-state index < -0.39 is 5.91 Å². The summed E-state index contributed by atoms with van der Waals surface area (Å²) in [5.74, 6) is -0.424. The van der Waals surface area contributed by atoms with E-state index >= 15 is 0 Å². The molecule has 0 fully saturated rings. The first-order valence-corrected chi connectivity index (χ1v) is 7.82. The van der Waals surface area contributed by atoms with Crippen LogP contribution in [-0.4, -0.2) is 25.7 Å². The number of hydrogen-bond acceptors (Lipinski definition) is 4. The second-order valence-electron chi connectivity index (χ2n) is 6.14. The molecule has 8 nitrogen and oxygen atoms in total. The predicted octanol–water partition coefficient (Wildman–Crippen LogP) is 0.805. The molecule has 0 aromatic carbocycles. The summed E-state index contributed by atoms with van der Waals surface area (Å²) in [6.45, 7) is 5.45. The van der Waals surface area contributed by atoms with Crippen LogP contribution < -0.4 is 16.4 Å². The molecule has 25 heavy (non-hydrogen) atoms. The van der Waals surface area contributed by atoms with Gasteiger partial charge in [0.2, 0.25) is 0 Å². The number of amides is 1. The minimum Gasteiger partial charge on any atom is -0.348 e. The van der Waals surface area contributed by atoms with Crippen LogP contribution in [0, 0.1) is 20.8 Å². The molecule has 0 unspecified atom stereocenters. The van der Waals surface area contributed by atoms with Crippen molar-refractivity contribution in [1.29, 1.82) is 0 Å². The highest BCUT2D eigenvalue weighted by molar-refractivity contribution is 6.05. The summed E-state index contributed by atoms with van der Waals surface area (Å²) in [6.07, 6.45) is 0. The second-order valence-corrected chi connectivity index (χ2v) is 6.14. The van der Waals surface area contributed by atoms with Crippen molar-refractivity contribution in [3.05, 3.63) is 60.9 Å². The van der Waals surface area contributed by atoms with E-state index in [4.69, 9.17) is 0 Å². The van der Waals surface area contributed by atoms with Crippen LogP contribution >= 0.6 is 0 Å². The lowest BCUT2D eigenvalue weighted by molar-refractivity contribution is 0.0952. The van der Waals surface area contributed by atoms with Crippen LogP contribution in [0.4, 0.5) is 0 Å². The summed E-state index contributed by atoms with van der Waals surface area (Å²) in [5, 5.41) is 5.56. The second kappa shape index (κ2) is 6.04. The van der Waals surface area contributed by atoms with Crippen LogP contribution in [0.2, 0.25) is 0 Å². The number of aromatic nitrogens is 4. The van der Waals surface area contributed by atoms with Crippen molar-refractivity contribution >= 4 is 16.9 Å². The van der Waals surface area contributed by atoms with Crippen LogP contribution in [0.3, 0.4) is 0 Å². The Kier molecular flexibility index (Phi) is 4.03. The number of nitrogens with zero attached hydrogens (tertiary/aromatic N) is 2. The monoisotopic (exact) mass is 341 g/mol. The number of carbonyl (C=O) groups is 1. The van der Waals surface area contributed by atoms with E-state index in [1.165, 1.54) is 4.68 Å². The van der Waals surface area contributed by atoms with Crippen LogP contribution in [0.25, 0.3) is 11.0 Å². The average Bonchev–Trinajstić information content (AvgIpc) is 2.79. The third kappa shape index (κ3) is 2.98. The first kappa shape index (κ1) is 16.7. The molecule has 0 saturated heterocycles. The summed E-state index contributed by atoms with van der Waals surface area (Å²) >= 11 is 0. The number of aromatic amines is 2. The number of carbonyl (C=O) groups excluding carboxylic acids is 1. The Morgan fingerprint density at radius 3 is 2.60 bits per heavy atom. The molecule has 0 radical (unpaired) electrons. The predicted molar refractivity (Wildman–Crippen MR) is 93.8 cm³/mol. The van der Waals surface area contributed by atoms with Crippen LogP contribution in [-0.2, 0) is 13.6 Å². The molecule has 0 aliphatic heterocycles. The Morgan fingerprint density at radius 2 is 1.92 bits per heavy atom. The van der Waals surface area contributed by atoms with Gasteiger partial charge in [0.1, 0.15) is 0 Å². The molecule has 3 rings (SSSR count). The molecule has 0 aliphatic rings. The zero-order chi connectivity index (χ0) is 18.3. The number of H-pyrrole nitrogens is 2. The van der Waals surface area contributed by atoms with Crippen molar-refractivity contribution in [2.24, 2.45) is 7.05 Å². The average molecular weight is 341 g/mol. The van der Waals surface area contributed by atoms with E-state index in [9.17, 15) is 14.4 Å². The number of rotatable bonds is 3. The minimum absolute atomic E-state index is 0.0773. The normalized spacial score (nSPS) is 11.0. The number of aryl methyl sites for hydroxylation is 4. The number of fused-ring (bicyclic) bond motifs is 1. The molecule has 3 aromatic heterocycles. The standard InChI is InChI=1S/C17H19N5O3/c1-8-5-9(2)20-16(24)12(8)7-18-15(23)11-6-10(3)19-14-13(11)17(25)21-22(14)4/h5-6H,7H2,1-4H3,(H,18,23)(H,20,24)(H,21,25). The van der Waals surface area contributed by atoms with Gasteiger partial charge in [0.05, 0.1) is 10.9 Å². The molecule has 130 valence electrons. The van der Waals surface area contributed by atoms with Gasteiger partial charge in [-0.3, -0.25) is 24.2 Å². The largest absolute Gasteiger partial charge is 0.348 e. The Morgan fingerprint density at radius 1 is 1.20 bits per heavy atom. The van der Waals surface area contributed by atoms with E-state index in [-0.39, 0.29) is 28.6 Å². The summed E-state index contributed by atoms with van der Waals surface area (Å²) in [6, 6.07) is 3.42. The smallest absolute Gasteiger partial charge is 0.274 e. The molecule has 0 atom stereocenters. The van der Waals surface area contributed by atoms with Crippen LogP contribution in [0.15, 0.2) is 21.7 Å². The lowest BCUT2D eigenvalue weighted by Gasteiger charge is -2.09. The molecule has 3 heterocycles. The maximum absolute atomic E-state index is 12.6. The highest BCUT2D eigenvalue weighted by Gasteiger charge is 2.18. The minimum atomic E-state index is -0.424. The zero-order valence-corrected chi connectivity index (χ0v) is 14.5. The fourth-order valence-electron chi connectivity index (χ4n) is 2.93. The molecular weight excluding hydrogens is 322 g/mol. The van der Waals surface area contributed by atoms with E-state index in [2.05, 4.69) is 20.4 Å². The topological polar surface area (TPSA) is 113 Å². The van der Waals surface area contributed by atoms with Gasteiger partial charge in [-0.05, 0) is 38.5 Å². The van der Waals surface area contributed by atoms with E-state index in [0.29, 0.717) is 16.9 Å². The number of pyridine rings is 2. The van der Waals surface area contributed by atoms with Gasteiger partial charge in [0.25, 0.3) is 17.0 Å². The number of hydrogen-bond donors (Lipinski definition) is 3. The van der Waals surface area contributed by atoms with Crippen molar-refractivity contribution in [1.82, 2.24) is 25.1 Å². The van der Waals surface area contributed by atoms with Gasteiger partial charge in [-0.2, -0.15) is 0 Å². The molecule has 1 amide bonds. The summed E-state index contributed by atoms with van der Waals surface area (Å²) < 4.78 is 1.48. The van der Waals surface area contributed by atoms with E-state index in [0.717, 1.165) is 11.3 Å². The van der Waals surface area contributed by atoms with Crippen molar-refractivity contribution in [3.8, 4) is 0 Å². The van der Waals surface area contributed by atoms with Gasteiger partial charge in [-0.15, -0.1) is 0 Å². The van der Waals surface area contributed by atoms with Gasteiger partial charge in [-0.1, -0.05) is 0 Å². The van der Waals surface area contributed by atoms with Crippen molar-refractivity contribution in [2.45, 2.75) is 27.3 Å². The first-order chi connectivity index (χ1) is 11.8. The lowest BCUT2D eigenvalue weighted by Crippen LogP contribution is -2.28. The van der Waals surface area contributed by atoms with Crippen LogP contribution in [0.1, 0.15) is 32.9 Å². The third-order valence-electron chi connectivity index (χ3n) is 4.11. The fourth-order valence-corrected chi connectivity index (χ4v) is 2.93. The molecule has 3 aromatic rings. The van der Waals surface area contributed by atoms with Gasteiger partial charge < -0.3 is 10.3 Å². The molecular formula is C17H19N5O3. The molecule has 8 heteroatoms. The SMILES string of the molecule is Cc1cc(C(=O)NCc2c(C)cc(C)[nH]c2=O)c2c(=O)[nH]n(C)c2n1. The fraction of sp³-hybridized carbons (Fsp3) is 0.294. The lowest BCUT2D eigenvalue weighted by atomic mass is 10.1. The van der Waals surface area contributed by atoms with Crippen molar-refractivity contribution in [2.75, 3.05) is 0 Å². The molecule has 3 N–H and O–H groups in total. The number of nitrogens with one attached hydrogen (secondary N) is 3. The maximum atomic E-state index is 12.6. The van der Waals surface area contributed by atoms with Crippen LogP contribution in [0.5, 0.6) is 0 Å².